The second-order valence-electron chi connectivity index (χ2n) is 10.1. The summed E-state index contributed by atoms with van der Waals surface area (Å²) in [6.45, 7) is 0. The van der Waals surface area contributed by atoms with Crippen molar-refractivity contribution in [2.75, 3.05) is 18.2 Å². The zero-order valence-corrected chi connectivity index (χ0v) is 32.7. The molecule has 1 amide bonds. The predicted molar refractivity (Wildman–Crippen MR) is 171 cm³/mol. The molecule has 0 aliphatic heterocycles. The van der Waals surface area contributed by atoms with E-state index in [1.54, 1.807) is 36.4 Å². The molecule has 22 heteroatoms. The third kappa shape index (κ3) is 8.69. The van der Waals surface area contributed by atoms with Gasteiger partial charge in [-0.25, -0.2) is 27.1 Å². The number of phenols is 1. The Morgan fingerprint density at radius 3 is 2.21 bits per heavy atom. The van der Waals surface area contributed by atoms with Crippen LogP contribution in [-0.2, 0) is 30.7 Å². The van der Waals surface area contributed by atoms with Crippen molar-refractivity contribution in [2.24, 2.45) is 10.2 Å². The zero-order valence-electron chi connectivity index (χ0n) is 27.1. The molecule has 0 radical (unpaired) electrons. The van der Waals surface area contributed by atoms with E-state index in [0.29, 0.717) is 10.8 Å². The van der Waals surface area contributed by atoms with Crippen LogP contribution >= 0.6 is 0 Å². The Labute approximate surface area is 338 Å². The van der Waals surface area contributed by atoms with E-state index in [1.165, 1.54) is 25.3 Å². The second-order valence-corrected chi connectivity index (χ2v) is 12.3. The number of hydrogen-bond donors (Lipinski definition) is 2. The number of nitrogens with zero attached hydrogens (tertiary/aromatic N) is 4. The van der Waals surface area contributed by atoms with Crippen LogP contribution in [0.3, 0.4) is 0 Å². The number of rotatable bonds is 7. The normalized spacial score (nSPS) is 11.8. The third-order valence-electron chi connectivity index (χ3n) is 6.98. The van der Waals surface area contributed by atoms with E-state index in [0.717, 1.165) is 18.2 Å². The molecule has 4 aromatic carbocycles. The van der Waals surface area contributed by atoms with Crippen LogP contribution in [0, 0.1) is 0 Å². The minimum Gasteiger partial charge on any atom is -0.766 e. The number of anilines is 1. The molecule has 2 N–H and O–H groups in total. The zero-order chi connectivity index (χ0) is 36.5. The molecular weight excluding hydrogens is 748 g/mol. The van der Waals surface area contributed by atoms with E-state index in [4.69, 9.17) is 4.74 Å². The van der Waals surface area contributed by atoms with Gasteiger partial charge in [-0.15, -0.1) is 10.2 Å². The van der Waals surface area contributed by atoms with Crippen LogP contribution in [0.2, 0.25) is 0 Å². The molecule has 1 heterocycles. The van der Waals surface area contributed by atoms with Gasteiger partial charge in [0.05, 0.1) is 29.3 Å². The average molecular weight is 768 g/mol. The number of benzene rings is 4. The number of methoxy groups -OCH3 is 1. The van der Waals surface area contributed by atoms with E-state index in [9.17, 15) is 55.6 Å². The van der Waals surface area contributed by atoms with Crippen molar-refractivity contribution < 1.29 is 115 Å². The fourth-order valence-corrected chi connectivity index (χ4v) is 5.49. The minimum absolute atomic E-state index is 0. The van der Waals surface area contributed by atoms with E-state index in [-0.39, 0.29) is 96.4 Å². The van der Waals surface area contributed by atoms with Gasteiger partial charge in [0.2, 0.25) is 5.91 Å². The van der Waals surface area contributed by atoms with Crippen LogP contribution in [0.1, 0.15) is 30.3 Å². The summed E-state index contributed by atoms with van der Waals surface area (Å²) in [4.78, 5) is 76.0. The molecular formula is C30H19N5Na2O13S2. The molecule has 0 spiro atoms. The second kappa shape index (κ2) is 17.1. The fraction of sp³-hybridized carbons (Fsp3) is 0.0667. The van der Waals surface area contributed by atoms with Crippen LogP contribution in [0.25, 0.3) is 21.8 Å². The molecule has 0 aliphatic carbocycles. The van der Waals surface area contributed by atoms with Gasteiger partial charge in [-0.2, -0.15) is 0 Å². The van der Waals surface area contributed by atoms with Crippen LogP contribution in [0.5, 0.6) is 5.75 Å². The number of carbonyl (C=O) groups is 5. The van der Waals surface area contributed by atoms with Crippen molar-refractivity contribution in [1.82, 2.24) is 9.13 Å². The summed E-state index contributed by atoms with van der Waals surface area (Å²) >= 11 is -3.66. The number of azo groups is 1. The first kappa shape index (κ1) is 42.2. The van der Waals surface area contributed by atoms with E-state index >= 15 is 0 Å². The quantitative estimate of drug-likeness (QED) is 0.0404. The summed E-state index contributed by atoms with van der Waals surface area (Å²) in [6, 6.07) is 16.7. The van der Waals surface area contributed by atoms with Gasteiger partial charge in [0, 0.05) is 22.2 Å². The van der Waals surface area contributed by atoms with Crippen molar-refractivity contribution in [3.8, 4) is 5.75 Å². The van der Waals surface area contributed by atoms with Crippen LogP contribution in [-0.4, -0.2) is 77.6 Å². The first-order valence-electron chi connectivity index (χ1n) is 13.7. The Morgan fingerprint density at radius 1 is 0.904 bits per heavy atom. The van der Waals surface area contributed by atoms with Gasteiger partial charge in [0.25, 0.3) is 11.0 Å². The van der Waals surface area contributed by atoms with Gasteiger partial charge in [0.1, 0.15) is 27.2 Å². The molecule has 5 rings (SSSR count). The summed E-state index contributed by atoms with van der Waals surface area (Å²) in [5.74, 6) is -7.66. The monoisotopic (exact) mass is 767 g/mol. The first-order valence-corrected chi connectivity index (χ1v) is 16.4. The van der Waals surface area contributed by atoms with E-state index in [2.05, 4.69) is 15.5 Å². The smallest absolute Gasteiger partial charge is 0.766 e. The average Bonchev–Trinajstić information content (AvgIpc) is 3.36. The first-order chi connectivity index (χ1) is 23.6. The molecule has 0 bridgehead atoms. The molecule has 52 heavy (non-hydrogen) atoms. The maximum absolute atomic E-state index is 13.5. The standard InChI is InChI=1S/C30H21N5O13S2.2Na/c1-48-28(40)18-8-4-5-9-20(18)32-33-24-17-7-3-2-6-15(17)12-19(25(24)37)26(38)31-16-10-11-21-22(13-16)35(27(39)29(41)49(43)44)30(42)34(21)23(36)14-50(45,46)47;;/h2-13,37H,14H2,1H3,(H,31,38)(H,43,44)(H,45,46,47);;/q;2*+1/p-2. The van der Waals surface area contributed by atoms with Gasteiger partial charge in [-0.05, 0) is 41.8 Å². The summed E-state index contributed by atoms with van der Waals surface area (Å²) in [5.41, 5.74) is -3.44. The summed E-state index contributed by atoms with van der Waals surface area (Å²) in [5, 5.41) is 20.5. The molecule has 1 unspecified atom stereocenters. The molecule has 256 valence electrons. The number of phenolic OH excluding ortho intramolecular Hbond substituents is 1. The van der Waals surface area contributed by atoms with Gasteiger partial charge in [0.15, 0.2) is 5.75 Å². The summed E-state index contributed by atoms with van der Waals surface area (Å²) < 4.78 is 60.8. The van der Waals surface area contributed by atoms with Crippen molar-refractivity contribution in [3.05, 3.63) is 94.4 Å². The van der Waals surface area contributed by atoms with E-state index in [1.807, 2.05) is 0 Å². The van der Waals surface area contributed by atoms with Crippen molar-refractivity contribution in [2.45, 2.75) is 0 Å². The number of fused-ring (bicyclic) bond motifs is 2. The Kier molecular flexibility index (Phi) is 13.9. The third-order valence-corrected chi connectivity index (χ3v) is 8.06. The minimum atomic E-state index is -5.24. The Balaban J connectivity index is 0.00000364. The maximum atomic E-state index is 13.5. The number of ether oxygens (including phenoxy) is 1. The largest absolute Gasteiger partial charge is 1.00 e. The van der Waals surface area contributed by atoms with Gasteiger partial charge >= 0.3 is 76.7 Å². The summed E-state index contributed by atoms with van der Waals surface area (Å²) in [6.07, 6.45) is 0. The van der Waals surface area contributed by atoms with Crippen molar-refractivity contribution in [3.63, 3.8) is 0 Å². The molecule has 1 atom stereocenters. The number of nitrogens with one attached hydrogen (secondary N) is 1. The van der Waals surface area contributed by atoms with Crippen molar-refractivity contribution in [1.29, 1.82) is 0 Å². The number of hydrogen-bond acceptors (Lipinski definition) is 15. The summed E-state index contributed by atoms with van der Waals surface area (Å²) in [7, 11) is -4.06. The number of aromatic nitrogens is 2. The van der Waals surface area contributed by atoms with Gasteiger partial charge < -0.3 is 24.3 Å². The number of imidazole rings is 1. The van der Waals surface area contributed by atoms with E-state index < -0.39 is 78.2 Å². The number of amides is 1. The molecule has 0 fully saturated rings. The number of carbonyl (C=O) groups excluding carboxylic acids is 5. The predicted octanol–water partition coefficient (Wildman–Crippen LogP) is -3.64. The maximum Gasteiger partial charge on any atom is 1.00 e. The topological polar surface area (TPSA) is 276 Å². The number of aromatic hydroxyl groups is 1. The molecule has 1 aromatic heterocycles. The van der Waals surface area contributed by atoms with Crippen LogP contribution in [0.4, 0.5) is 17.1 Å². The molecule has 0 saturated heterocycles. The molecule has 5 aromatic rings. The van der Waals surface area contributed by atoms with Crippen LogP contribution < -0.4 is 70.1 Å². The molecule has 0 saturated carbocycles. The fourth-order valence-electron chi connectivity index (χ4n) is 4.83. The molecule has 0 aliphatic rings. The van der Waals surface area contributed by atoms with Gasteiger partial charge in [-0.3, -0.25) is 23.4 Å². The molecule has 18 nitrogen and oxygen atoms in total. The van der Waals surface area contributed by atoms with Crippen LogP contribution in [0.15, 0.2) is 87.8 Å². The Morgan fingerprint density at radius 2 is 1.56 bits per heavy atom. The Hall–Kier alpha value is -4.22. The Bertz CT molecular complexity index is 2530. The van der Waals surface area contributed by atoms with Crippen molar-refractivity contribution >= 4 is 88.9 Å². The SMILES string of the molecule is COC(=O)c1ccccc1N=Nc1c(O)c(C(=O)Nc2ccc3c(c2)n(C(=O)C(=O)S(=O)[O-])c(=O)n3C(=O)CS(=O)(=O)[O-])cc2ccccc12.[Na+].[Na+]. The van der Waals surface area contributed by atoms with Gasteiger partial charge in [-0.1, -0.05) is 36.4 Å². The number of esters is 1.